The molecule has 1 amide bonds. The number of ketones is 1. The molecular weight excluding hydrogens is 600 g/mol. The number of para-hydroxylation sites is 2. The highest BCUT2D eigenvalue weighted by Gasteiger charge is 2.22. The van der Waals surface area contributed by atoms with Crippen molar-refractivity contribution >= 4 is 39.8 Å². The van der Waals surface area contributed by atoms with E-state index in [1.54, 1.807) is 65.6 Å². The molecule has 2 N–H and O–H groups in total. The SMILES string of the molecule is O=C(c1ccccc1)c1ccccc1NC(Cc1ccc(OCCN(C(=O)c2cccc3ccccc23)c2ccccc2)cc1)C(=O)O. The Bertz CT molecular complexity index is 2020. The third-order valence-corrected chi connectivity index (χ3v) is 8.12. The van der Waals surface area contributed by atoms with E-state index in [1.807, 2.05) is 91.0 Å². The molecule has 0 saturated heterocycles. The molecule has 0 aliphatic rings. The lowest BCUT2D eigenvalue weighted by Crippen LogP contribution is -2.34. The number of carboxylic acids is 1. The van der Waals surface area contributed by atoms with Gasteiger partial charge in [0.2, 0.25) is 0 Å². The van der Waals surface area contributed by atoms with E-state index in [2.05, 4.69) is 5.32 Å². The van der Waals surface area contributed by atoms with Crippen molar-refractivity contribution in [1.82, 2.24) is 0 Å². The predicted octanol–water partition coefficient (Wildman–Crippen LogP) is 7.90. The van der Waals surface area contributed by atoms with Gasteiger partial charge in [-0.15, -0.1) is 0 Å². The van der Waals surface area contributed by atoms with Gasteiger partial charge in [0.1, 0.15) is 18.4 Å². The van der Waals surface area contributed by atoms with E-state index in [1.165, 1.54) is 0 Å². The maximum Gasteiger partial charge on any atom is 0.326 e. The molecule has 0 fully saturated rings. The highest BCUT2D eigenvalue weighted by atomic mass is 16.5. The second-order valence-electron chi connectivity index (χ2n) is 11.3. The predicted molar refractivity (Wildman–Crippen MR) is 189 cm³/mol. The number of hydrogen-bond acceptors (Lipinski definition) is 5. The number of hydrogen-bond donors (Lipinski definition) is 2. The minimum atomic E-state index is -1.03. The number of rotatable bonds is 13. The van der Waals surface area contributed by atoms with E-state index in [4.69, 9.17) is 4.74 Å². The summed E-state index contributed by atoms with van der Waals surface area (Å²) in [7, 11) is 0. The van der Waals surface area contributed by atoms with Crippen LogP contribution in [0.2, 0.25) is 0 Å². The third kappa shape index (κ3) is 7.43. The van der Waals surface area contributed by atoms with Crippen LogP contribution < -0.4 is 15.0 Å². The Morgan fingerprint density at radius 2 is 1.29 bits per heavy atom. The second kappa shape index (κ2) is 14.9. The summed E-state index contributed by atoms with van der Waals surface area (Å²) in [4.78, 5) is 41.0. The Morgan fingerprint density at radius 1 is 0.667 bits per heavy atom. The summed E-state index contributed by atoms with van der Waals surface area (Å²) < 4.78 is 6.06. The lowest BCUT2D eigenvalue weighted by atomic mass is 10.00. The number of benzene rings is 6. The Balaban J connectivity index is 1.12. The summed E-state index contributed by atoms with van der Waals surface area (Å²) in [5.41, 5.74) is 3.57. The number of amides is 1. The molecule has 6 aromatic carbocycles. The third-order valence-electron chi connectivity index (χ3n) is 8.12. The molecule has 7 heteroatoms. The van der Waals surface area contributed by atoms with Gasteiger partial charge in [-0.1, -0.05) is 109 Å². The molecule has 48 heavy (non-hydrogen) atoms. The molecule has 0 radical (unpaired) electrons. The molecule has 0 bridgehead atoms. The maximum absolute atomic E-state index is 13.9. The molecule has 0 aliphatic heterocycles. The number of carboxylic acid groups (broad SMARTS) is 1. The van der Waals surface area contributed by atoms with Crippen LogP contribution in [0.3, 0.4) is 0 Å². The van der Waals surface area contributed by atoms with Crippen molar-refractivity contribution in [3.63, 3.8) is 0 Å². The quantitative estimate of drug-likeness (QED) is 0.125. The Kier molecular flexibility index (Phi) is 9.87. The molecule has 238 valence electrons. The molecule has 0 heterocycles. The standard InChI is InChI=1S/C41H34N2O5/c44-39(31-13-3-1-4-14-31)36-19-9-10-21-37(36)42-38(41(46)47)28-29-22-24-33(25-23-29)48-27-26-43(32-16-5-2-6-17-32)40(45)35-20-11-15-30-12-7-8-18-34(30)35/h1-25,38,42H,26-28H2,(H,46,47). The fourth-order valence-electron chi connectivity index (χ4n) is 5.67. The molecular formula is C41H34N2O5. The van der Waals surface area contributed by atoms with Crippen LogP contribution in [0.4, 0.5) is 11.4 Å². The number of anilines is 2. The highest BCUT2D eigenvalue weighted by Crippen LogP contribution is 2.25. The number of aliphatic carboxylic acids is 1. The van der Waals surface area contributed by atoms with Crippen molar-refractivity contribution in [1.29, 1.82) is 0 Å². The number of fused-ring (bicyclic) bond motifs is 1. The fraction of sp³-hybridized carbons (Fsp3) is 0.0976. The molecule has 0 aromatic heterocycles. The number of carbonyl (C=O) groups excluding carboxylic acids is 2. The normalized spacial score (nSPS) is 11.4. The van der Waals surface area contributed by atoms with Crippen molar-refractivity contribution in [2.75, 3.05) is 23.4 Å². The first-order valence-corrected chi connectivity index (χ1v) is 15.7. The lowest BCUT2D eigenvalue weighted by Gasteiger charge is -2.24. The average Bonchev–Trinajstić information content (AvgIpc) is 3.14. The number of ether oxygens (including phenoxy) is 1. The number of nitrogens with one attached hydrogen (secondary N) is 1. The average molecular weight is 635 g/mol. The molecule has 1 unspecified atom stereocenters. The van der Waals surface area contributed by atoms with Gasteiger partial charge in [0.25, 0.3) is 5.91 Å². The van der Waals surface area contributed by atoms with E-state index in [0.29, 0.717) is 34.7 Å². The smallest absolute Gasteiger partial charge is 0.326 e. The van der Waals surface area contributed by atoms with Crippen LogP contribution in [0.5, 0.6) is 5.75 Å². The first-order chi connectivity index (χ1) is 23.5. The van der Waals surface area contributed by atoms with Gasteiger partial charge in [-0.25, -0.2) is 4.79 Å². The summed E-state index contributed by atoms with van der Waals surface area (Å²) in [6.07, 6.45) is 0.185. The van der Waals surface area contributed by atoms with Crippen LogP contribution >= 0.6 is 0 Å². The molecule has 1 atom stereocenters. The van der Waals surface area contributed by atoms with Crippen molar-refractivity contribution in [3.8, 4) is 5.75 Å². The van der Waals surface area contributed by atoms with Gasteiger partial charge in [-0.3, -0.25) is 9.59 Å². The number of nitrogens with zero attached hydrogens (tertiary/aromatic N) is 1. The van der Waals surface area contributed by atoms with Crippen molar-refractivity contribution in [2.45, 2.75) is 12.5 Å². The van der Waals surface area contributed by atoms with Gasteiger partial charge in [-0.05, 0) is 58.8 Å². The summed E-state index contributed by atoms with van der Waals surface area (Å²) in [6, 6.07) is 45.2. The molecule has 6 rings (SSSR count). The maximum atomic E-state index is 13.9. The van der Waals surface area contributed by atoms with Gasteiger partial charge in [0.15, 0.2) is 5.78 Å². The van der Waals surface area contributed by atoms with Crippen LogP contribution in [0.25, 0.3) is 10.8 Å². The van der Waals surface area contributed by atoms with E-state index in [-0.39, 0.29) is 24.7 Å². The monoisotopic (exact) mass is 634 g/mol. The summed E-state index contributed by atoms with van der Waals surface area (Å²) in [6.45, 7) is 0.566. The first-order valence-electron chi connectivity index (χ1n) is 15.7. The van der Waals surface area contributed by atoms with Gasteiger partial charge in [0, 0.05) is 34.5 Å². The van der Waals surface area contributed by atoms with Crippen LogP contribution in [0.1, 0.15) is 31.8 Å². The van der Waals surface area contributed by atoms with Crippen LogP contribution in [-0.4, -0.2) is 42.0 Å². The van der Waals surface area contributed by atoms with Crippen molar-refractivity contribution in [3.05, 3.63) is 174 Å². The topological polar surface area (TPSA) is 95.9 Å². The molecule has 6 aromatic rings. The first kappa shape index (κ1) is 31.8. The van der Waals surface area contributed by atoms with Crippen LogP contribution in [0.15, 0.2) is 152 Å². The van der Waals surface area contributed by atoms with Gasteiger partial charge < -0.3 is 20.1 Å². The highest BCUT2D eigenvalue weighted by molar-refractivity contribution is 6.14. The van der Waals surface area contributed by atoms with E-state index < -0.39 is 12.0 Å². The summed E-state index contributed by atoms with van der Waals surface area (Å²) >= 11 is 0. The van der Waals surface area contributed by atoms with E-state index in [0.717, 1.165) is 22.0 Å². The van der Waals surface area contributed by atoms with Gasteiger partial charge in [0.05, 0.1) is 6.54 Å². The van der Waals surface area contributed by atoms with E-state index in [9.17, 15) is 19.5 Å². The zero-order valence-electron chi connectivity index (χ0n) is 26.2. The van der Waals surface area contributed by atoms with Crippen molar-refractivity contribution in [2.24, 2.45) is 0 Å². The fourth-order valence-corrected chi connectivity index (χ4v) is 5.67. The minimum absolute atomic E-state index is 0.115. The van der Waals surface area contributed by atoms with Gasteiger partial charge >= 0.3 is 5.97 Å². The zero-order valence-corrected chi connectivity index (χ0v) is 26.2. The second-order valence-corrected chi connectivity index (χ2v) is 11.3. The zero-order chi connectivity index (χ0) is 33.3. The van der Waals surface area contributed by atoms with Crippen LogP contribution in [-0.2, 0) is 11.2 Å². The Morgan fingerprint density at radius 3 is 2.04 bits per heavy atom. The molecule has 0 aliphatic carbocycles. The lowest BCUT2D eigenvalue weighted by molar-refractivity contribution is -0.137. The van der Waals surface area contributed by atoms with Crippen molar-refractivity contribution < 1.29 is 24.2 Å². The summed E-state index contributed by atoms with van der Waals surface area (Å²) in [5.74, 6) is -0.734. The molecule has 7 nitrogen and oxygen atoms in total. The van der Waals surface area contributed by atoms with Gasteiger partial charge in [-0.2, -0.15) is 0 Å². The molecule has 0 spiro atoms. The largest absolute Gasteiger partial charge is 0.492 e. The Labute approximate surface area is 279 Å². The van der Waals surface area contributed by atoms with Crippen LogP contribution in [0, 0.1) is 0 Å². The Hall–Kier alpha value is -6.21. The summed E-state index contributed by atoms with van der Waals surface area (Å²) in [5, 5.41) is 15.0. The van der Waals surface area contributed by atoms with E-state index >= 15 is 0 Å². The molecule has 0 saturated carbocycles. The minimum Gasteiger partial charge on any atom is -0.492 e. The number of carbonyl (C=O) groups is 3.